The zero-order valence-corrected chi connectivity index (χ0v) is 16.4. The van der Waals surface area contributed by atoms with Crippen LogP contribution in [0.2, 0.25) is 0 Å². The SMILES string of the molecule is CCCC(=O)N1CCCCC1C(=O)N(C)CC(=O)N1CCC(C(=O)O)CC1. The lowest BCUT2D eigenvalue weighted by Gasteiger charge is -2.37. The third-order valence-corrected chi connectivity index (χ3v) is 5.52. The Hall–Kier alpha value is -2.12. The van der Waals surface area contributed by atoms with E-state index in [0.29, 0.717) is 45.3 Å². The molecule has 0 radical (unpaired) electrons. The first kappa shape index (κ1) is 21.2. The molecule has 2 aliphatic rings. The predicted molar refractivity (Wildman–Crippen MR) is 98.8 cm³/mol. The minimum atomic E-state index is -0.816. The number of piperidine rings is 2. The van der Waals surface area contributed by atoms with E-state index in [4.69, 9.17) is 5.11 Å². The Balaban J connectivity index is 1.91. The van der Waals surface area contributed by atoms with Gasteiger partial charge in [0.05, 0.1) is 12.5 Å². The number of hydrogen-bond acceptors (Lipinski definition) is 4. The van der Waals surface area contributed by atoms with Crippen LogP contribution in [0.5, 0.6) is 0 Å². The molecule has 27 heavy (non-hydrogen) atoms. The molecule has 0 spiro atoms. The van der Waals surface area contributed by atoms with Crippen molar-refractivity contribution in [2.75, 3.05) is 33.2 Å². The minimum absolute atomic E-state index is 0.00557. The summed E-state index contributed by atoms with van der Waals surface area (Å²) in [4.78, 5) is 53.4. The summed E-state index contributed by atoms with van der Waals surface area (Å²) in [6.45, 7) is 3.31. The van der Waals surface area contributed by atoms with Gasteiger partial charge >= 0.3 is 5.97 Å². The van der Waals surface area contributed by atoms with Gasteiger partial charge in [-0.05, 0) is 38.5 Å². The van der Waals surface area contributed by atoms with Crippen molar-refractivity contribution in [2.45, 2.75) is 57.9 Å². The molecule has 0 aliphatic carbocycles. The van der Waals surface area contributed by atoms with Crippen molar-refractivity contribution in [3.63, 3.8) is 0 Å². The second-order valence-electron chi connectivity index (χ2n) is 7.54. The Kier molecular flexibility index (Phi) is 7.62. The van der Waals surface area contributed by atoms with Crippen LogP contribution in [0.1, 0.15) is 51.9 Å². The average molecular weight is 381 g/mol. The van der Waals surface area contributed by atoms with Gasteiger partial charge in [-0.1, -0.05) is 6.92 Å². The average Bonchev–Trinajstić information content (AvgIpc) is 2.67. The Morgan fingerprint density at radius 2 is 1.67 bits per heavy atom. The number of carbonyl (C=O) groups excluding carboxylic acids is 3. The number of aliphatic carboxylic acids is 1. The molecule has 2 aliphatic heterocycles. The summed E-state index contributed by atoms with van der Waals surface area (Å²) in [7, 11) is 1.60. The van der Waals surface area contributed by atoms with Crippen molar-refractivity contribution >= 4 is 23.7 Å². The topological polar surface area (TPSA) is 98.2 Å². The van der Waals surface area contributed by atoms with Gasteiger partial charge in [-0.15, -0.1) is 0 Å². The summed E-state index contributed by atoms with van der Waals surface area (Å²) in [5.41, 5.74) is 0. The number of likely N-dealkylation sites (N-methyl/N-ethyl adjacent to an activating group) is 1. The van der Waals surface area contributed by atoms with E-state index in [2.05, 4.69) is 0 Å². The van der Waals surface area contributed by atoms with E-state index in [9.17, 15) is 19.2 Å². The fraction of sp³-hybridized carbons (Fsp3) is 0.789. The van der Waals surface area contributed by atoms with Crippen LogP contribution in [0.3, 0.4) is 0 Å². The van der Waals surface area contributed by atoms with Gasteiger partial charge in [0, 0.05) is 33.1 Å². The fourth-order valence-corrected chi connectivity index (χ4v) is 3.86. The van der Waals surface area contributed by atoms with E-state index in [-0.39, 0.29) is 24.3 Å². The zero-order chi connectivity index (χ0) is 20.0. The monoisotopic (exact) mass is 381 g/mol. The van der Waals surface area contributed by atoms with Crippen LogP contribution in [0, 0.1) is 5.92 Å². The van der Waals surface area contributed by atoms with E-state index < -0.39 is 17.9 Å². The van der Waals surface area contributed by atoms with E-state index in [0.717, 1.165) is 19.3 Å². The number of nitrogens with zero attached hydrogens (tertiary/aromatic N) is 3. The van der Waals surface area contributed by atoms with Crippen molar-refractivity contribution in [3.05, 3.63) is 0 Å². The molecule has 0 saturated carbocycles. The molecule has 152 valence electrons. The van der Waals surface area contributed by atoms with Gasteiger partial charge in [-0.2, -0.15) is 0 Å². The Morgan fingerprint density at radius 1 is 1.00 bits per heavy atom. The molecule has 2 heterocycles. The molecule has 2 fully saturated rings. The number of hydrogen-bond donors (Lipinski definition) is 1. The summed E-state index contributed by atoms with van der Waals surface area (Å²) < 4.78 is 0. The van der Waals surface area contributed by atoms with Crippen LogP contribution in [0.4, 0.5) is 0 Å². The Morgan fingerprint density at radius 3 is 2.26 bits per heavy atom. The molecule has 0 bridgehead atoms. The van der Waals surface area contributed by atoms with Gasteiger partial charge in [-0.25, -0.2) is 0 Å². The van der Waals surface area contributed by atoms with Gasteiger partial charge in [0.2, 0.25) is 17.7 Å². The van der Waals surface area contributed by atoms with E-state index in [1.54, 1.807) is 16.8 Å². The molecule has 2 rings (SSSR count). The Labute approximate surface area is 160 Å². The molecule has 1 atom stereocenters. The van der Waals surface area contributed by atoms with Crippen LogP contribution in [0.25, 0.3) is 0 Å². The summed E-state index contributed by atoms with van der Waals surface area (Å²) in [5.74, 6) is -1.56. The third-order valence-electron chi connectivity index (χ3n) is 5.52. The van der Waals surface area contributed by atoms with E-state index >= 15 is 0 Å². The standard InChI is InChI=1S/C19H31N3O5/c1-3-6-16(23)22-10-5-4-7-15(22)18(25)20(2)13-17(24)21-11-8-14(9-12-21)19(26)27/h14-15H,3-13H2,1-2H3,(H,26,27). The molecule has 8 heteroatoms. The lowest BCUT2D eigenvalue weighted by molar-refractivity contribution is -0.150. The number of amides is 3. The summed E-state index contributed by atoms with van der Waals surface area (Å²) >= 11 is 0. The van der Waals surface area contributed by atoms with Gasteiger partial charge in [0.25, 0.3) is 0 Å². The lowest BCUT2D eigenvalue weighted by atomic mass is 9.97. The Bertz CT molecular complexity index is 572. The van der Waals surface area contributed by atoms with Gasteiger partial charge in [0.15, 0.2) is 0 Å². The van der Waals surface area contributed by atoms with Gasteiger partial charge in [-0.3, -0.25) is 19.2 Å². The maximum Gasteiger partial charge on any atom is 0.306 e. The molecule has 2 saturated heterocycles. The van der Waals surface area contributed by atoms with Crippen molar-refractivity contribution < 1.29 is 24.3 Å². The quantitative estimate of drug-likeness (QED) is 0.739. The largest absolute Gasteiger partial charge is 0.481 e. The van der Waals surface area contributed by atoms with Gasteiger partial charge < -0.3 is 19.8 Å². The number of likely N-dealkylation sites (tertiary alicyclic amines) is 2. The lowest BCUT2D eigenvalue weighted by Crippen LogP contribution is -2.54. The smallest absolute Gasteiger partial charge is 0.306 e. The second-order valence-corrected chi connectivity index (χ2v) is 7.54. The second kappa shape index (κ2) is 9.71. The van der Waals surface area contributed by atoms with E-state index in [1.807, 2.05) is 6.92 Å². The highest BCUT2D eigenvalue weighted by atomic mass is 16.4. The van der Waals surface area contributed by atoms with Crippen molar-refractivity contribution in [2.24, 2.45) is 5.92 Å². The molecule has 1 unspecified atom stereocenters. The molecule has 0 aromatic carbocycles. The summed E-state index contributed by atoms with van der Waals surface area (Å²) in [6, 6.07) is -0.478. The molecular weight excluding hydrogens is 350 g/mol. The van der Waals surface area contributed by atoms with Crippen molar-refractivity contribution in [1.29, 1.82) is 0 Å². The first-order valence-electron chi connectivity index (χ1n) is 9.90. The van der Waals surface area contributed by atoms with Crippen LogP contribution in [0.15, 0.2) is 0 Å². The first-order valence-corrected chi connectivity index (χ1v) is 9.90. The van der Waals surface area contributed by atoms with Crippen LogP contribution >= 0.6 is 0 Å². The van der Waals surface area contributed by atoms with Gasteiger partial charge in [0.1, 0.15) is 6.04 Å². The number of carboxylic acids is 1. The molecule has 0 aromatic rings. The molecule has 8 nitrogen and oxygen atoms in total. The molecule has 1 N–H and O–H groups in total. The van der Waals surface area contributed by atoms with Crippen molar-refractivity contribution in [3.8, 4) is 0 Å². The molecular formula is C19H31N3O5. The first-order chi connectivity index (χ1) is 12.8. The number of carboxylic acid groups (broad SMARTS) is 1. The maximum absolute atomic E-state index is 12.9. The summed E-state index contributed by atoms with van der Waals surface area (Å²) in [6.07, 6.45) is 4.51. The maximum atomic E-state index is 12.9. The highest BCUT2D eigenvalue weighted by Gasteiger charge is 2.34. The van der Waals surface area contributed by atoms with E-state index in [1.165, 1.54) is 4.90 Å². The summed E-state index contributed by atoms with van der Waals surface area (Å²) in [5, 5.41) is 9.04. The van der Waals surface area contributed by atoms with Crippen LogP contribution < -0.4 is 0 Å². The predicted octanol–water partition coefficient (Wildman–Crippen LogP) is 0.949. The minimum Gasteiger partial charge on any atom is -0.481 e. The van der Waals surface area contributed by atoms with Crippen molar-refractivity contribution in [1.82, 2.24) is 14.7 Å². The van der Waals surface area contributed by atoms with Crippen LogP contribution in [-0.4, -0.2) is 82.8 Å². The molecule has 0 aromatic heterocycles. The highest BCUT2D eigenvalue weighted by molar-refractivity contribution is 5.90. The zero-order valence-electron chi connectivity index (χ0n) is 16.4. The normalized spacial score (nSPS) is 21.0. The fourth-order valence-electron chi connectivity index (χ4n) is 3.86. The molecule has 3 amide bonds. The highest BCUT2D eigenvalue weighted by Crippen LogP contribution is 2.21. The third kappa shape index (κ3) is 5.43. The number of rotatable bonds is 6. The number of carbonyl (C=O) groups is 4. The van der Waals surface area contributed by atoms with Crippen LogP contribution in [-0.2, 0) is 19.2 Å².